The van der Waals surface area contributed by atoms with Crippen molar-refractivity contribution < 1.29 is 19.4 Å². The van der Waals surface area contributed by atoms with E-state index >= 15 is 0 Å². The molecule has 0 amide bonds. The number of hydrogen-bond donors (Lipinski definition) is 2. The zero-order valence-corrected chi connectivity index (χ0v) is 11.2. The molecule has 1 fully saturated rings. The van der Waals surface area contributed by atoms with Crippen LogP contribution in [-0.4, -0.2) is 40.3 Å². The van der Waals surface area contributed by atoms with Crippen molar-refractivity contribution in [2.45, 2.75) is 44.7 Å². The van der Waals surface area contributed by atoms with Crippen LogP contribution in [0.2, 0.25) is 0 Å². The van der Waals surface area contributed by atoms with Crippen molar-refractivity contribution >= 4 is 5.97 Å². The van der Waals surface area contributed by atoms with Gasteiger partial charge in [-0.2, -0.15) is 0 Å². The Kier molecular flexibility index (Phi) is 4.61. The number of carboxylic acids is 1. The van der Waals surface area contributed by atoms with Gasteiger partial charge in [0.25, 0.3) is 0 Å². The molecular formula is C14H21NO4. The van der Waals surface area contributed by atoms with E-state index in [9.17, 15) is 9.90 Å². The standard InChI is InChI=1S/C14H21NO4/c1-10(12-6-7-13(19-12)14(17)18)15(8-9-16)11-4-2-3-5-11/h6-7,10-11,16H,2-5,8-9H2,1H3,(H,17,18). The lowest BCUT2D eigenvalue weighted by Crippen LogP contribution is -2.37. The predicted octanol–water partition coefficient (Wildman–Crippen LogP) is 2.28. The first kappa shape index (κ1) is 14.1. The first-order chi connectivity index (χ1) is 9.13. The molecule has 0 aromatic carbocycles. The number of aliphatic hydroxyl groups excluding tert-OH is 1. The monoisotopic (exact) mass is 267 g/mol. The van der Waals surface area contributed by atoms with Gasteiger partial charge in [-0.05, 0) is 31.9 Å². The second-order valence-corrected chi connectivity index (χ2v) is 5.08. The van der Waals surface area contributed by atoms with Crippen molar-refractivity contribution in [2.24, 2.45) is 0 Å². The summed E-state index contributed by atoms with van der Waals surface area (Å²) in [4.78, 5) is 13.1. The second kappa shape index (κ2) is 6.21. The highest BCUT2D eigenvalue weighted by atomic mass is 16.4. The molecule has 1 aliphatic carbocycles. The van der Waals surface area contributed by atoms with Gasteiger partial charge < -0.3 is 14.6 Å². The van der Waals surface area contributed by atoms with Gasteiger partial charge in [0.15, 0.2) is 0 Å². The molecule has 0 saturated heterocycles. The average Bonchev–Trinajstić information content (AvgIpc) is 3.05. The molecule has 2 rings (SSSR count). The van der Waals surface area contributed by atoms with Crippen LogP contribution in [0.25, 0.3) is 0 Å². The Labute approximate surface area is 112 Å². The maximum atomic E-state index is 10.8. The van der Waals surface area contributed by atoms with Gasteiger partial charge in [-0.15, -0.1) is 0 Å². The number of aromatic carboxylic acids is 1. The molecule has 1 aromatic rings. The van der Waals surface area contributed by atoms with Crippen molar-refractivity contribution in [3.63, 3.8) is 0 Å². The van der Waals surface area contributed by atoms with E-state index in [4.69, 9.17) is 9.52 Å². The largest absolute Gasteiger partial charge is 0.475 e. The zero-order valence-electron chi connectivity index (χ0n) is 11.2. The van der Waals surface area contributed by atoms with Gasteiger partial charge in [0.05, 0.1) is 12.6 Å². The lowest BCUT2D eigenvalue weighted by molar-refractivity contribution is 0.0647. The number of hydrogen-bond acceptors (Lipinski definition) is 4. The Morgan fingerprint density at radius 2 is 2.16 bits per heavy atom. The molecule has 0 aliphatic heterocycles. The summed E-state index contributed by atoms with van der Waals surface area (Å²) in [7, 11) is 0. The lowest BCUT2D eigenvalue weighted by Gasteiger charge is -2.32. The summed E-state index contributed by atoms with van der Waals surface area (Å²) >= 11 is 0. The number of nitrogens with zero attached hydrogens (tertiary/aromatic N) is 1. The van der Waals surface area contributed by atoms with Crippen LogP contribution in [0.1, 0.15) is 55.0 Å². The molecule has 1 unspecified atom stereocenters. The van der Waals surface area contributed by atoms with Gasteiger partial charge in [-0.3, -0.25) is 4.90 Å². The Balaban J connectivity index is 2.12. The van der Waals surface area contributed by atoms with Gasteiger partial charge in [0.1, 0.15) is 5.76 Å². The van der Waals surface area contributed by atoms with Gasteiger partial charge in [-0.1, -0.05) is 12.8 Å². The summed E-state index contributed by atoms with van der Waals surface area (Å²) < 4.78 is 5.37. The molecular weight excluding hydrogens is 246 g/mol. The molecule has 1 saturated carbocycles. The third kappa shape index (κ3) is 3.16. The fourth-order valence-corrected chi connectivity index (χ4v) is 2.90. The predicted molar refractivity (Wildman–Crippen MR) is 70.1 cm³/mol. The quantitative estimate of drug-likeness (QED) is 0.827. The van der Waals surface area contributed by atoms with E-state index in [1.807, 2.05) is 6.92 Å². The maximum absolute atomic E-state index is 10.8. The maximum Gasteiger partial charge on any atom is 0.371 e. The average molecular weight is 267 g/mol. The topological polar surface area (TPSA) is 73.9 Å². The minimum absolute atomic E-state index is 0.0108. The molecule has 1 heterocycles. The van der Waals surface area contributed by atoms with Crippen LogP contribution in [0.3, 0.4) is 0 Å². The summed E-state index contributed by atoms with van der Waals surface area (Å²) in [6.07, 6.45) is 4.71. The lowest BCUT2D eigenvalue weighted by atomic mass is 10.1. The minimum atomic E-state index is -1.05. The van der Waals surface area contributed by atoms with Gasteiger partial charge in [0.2, 0.25) is 5.76 Å². The van der Waals surface area contributed by atoms with Crippen LogP contribution < -0.4 is 0 Å². The van der Waals surface area contributed by atoms with E-state index in [1.54, 1.807) is 6.07 Å². The van der Waals surface area contributed by atoms with Crippen LogP contribution >= 0.6 is 0 Å². The molecule has 1 aliphatic rings. The number of aliphatic hydroxyl groups is 1. The highest BCUT2D eigenvalue weighted by Crippen LogP contribution is 2.31. The Bertz CT molecular complexity index is 423. The molecule has 0 spiro atoms. The van der Waals surface area contributed by atoms with Crippen molar-refractivity contribution in [1.82, 2.24) is 4.90 Å². The summed E-state index contributed by atoms with van der Waals surface area (Å²) in [5, 5.41) is 18.1. The van der Waals surface area contributed by atoms with Crippen LogP contribution in [-0.2, 0) is 0 Å². The summed E-state index contributed by atoms with van der Waals surface area (Å²) in [5.41, 5.74) is 0. The van der Waals surface area contributed by atoms with Crippen LogP contribution in [0.4, 0.5) is 0 Å². The third-order valence-corrected chi connectivity index (χ3v) is 3.90. The minimum Gasteiger partial charge on any atom is -0.475 e. The molecule has 19 heavy (non-hydrogen) atoms. The van der Waals surface area contributed by atoms with E-state index in [-0.39, 0.29) is 18.4 Å². The first-order valence-corrected chi connectivity index (χ1v) is 6.83. The van der Waals surface area contributed by atoms with Crippen LogP contribution in [0.5, 0.6) is 0 Å². The van der Waals surface area contributed by atoms with Crippen molar-refractivity contribution in [1.29, 1.82) is 0 Å². The van der Waals surface area contributed by atoms with E-state index in [1.165, 1.54) is 18.9 Å². The Hall–Kier alpha value is -1.33. The normalized spacial score (nSPS) is 18.1. The van der Waals surface area contributed by atoms with E-state index in [2.05, 4.69) is 4.90 Å². The zero-order chi connectivity index (χ0) is 13.8. The fraction of sp³-hybridized carbons (Fsp3) is 0.643. The van der Waals surface area contributed by atoms with E-state index in [0.29, 0.717) is 18.3 Å². The summed E-state index contributed by atoms with van der Waals surface area (Å²) in [6, 6.07) is 3.65. The number of carbonyl (C=O) groups is 1. The van der Waals surface area contributed by atoms with Crippen molar-refractivity contribution in [3.05, 3.63) is 23.7 Å². The van der Waals surface area contributed by atoms with E-state index < -0.39 is 5.97 Å². The molecule has 1 aromatic heterocycles. The second-order valence-electron chi connectivity index (χ2n) is 5.08. The Morgan fingerprint density at radius 3 is 2.68 bits per heavy atom. The molecule has 2 N–H and O–H groups in total. The number of rotatable bonds is 6. The molecule has 5 nitrogen and oxygen atoms in total. The Morgan fingerprint density at radius 1 is 1.47 bits per heavy atom. The summed E-state index contributed by atoms with van der Waals surface area (Å²) in [6.45, 7) is 2.70. The van der Waals surface area contributed by atoms with E-state index in [0.717, 1.165) is 12.8 Å². The SMILES string of the molecule is CC(c1ccc(C(=O)O)o1)N(CCO)C1CCCC1. The smallest absolute Gasteiger partial charge is 0.371 e. The first-order valence-electron chi connectivity index (χ1n) is 6.83. The molecule has 0 radical (unpaired) electrons. The van der Waals surface area contributed by atoms with Gasteiger partial charge in [0, 0.05) is 12.6 Å². The highest BCUT2D eigenvalue weighted by molar-refractivity contribution is 5.84. The molecule has 5 heteroatoms. The van der Waals surface area contributed by atoms with Crippen LogP contribution in [0, 0.1) is 0 Å². The van der Waals surface area contributed by atoms with Gasteiger partial charge >= 0.3 is 5.97 Å². The van der Waals surface area contributed by atoms with Crippen molar-refractivity contribution in [2.75, 3.05) is 13.2 Å². The number of furan rings is 1. The molecule has 106 valence electrons. The number of carboxylic acid groups (broad SMARTS) is 1. The third-order valence-electron chi connectivity index (χ3n) is 3.90. The molecule has 0 bridgehead atoms. The summed E-state index contributed by atoms with van der Waals surface area (Å²) in [5.74, 6) is -0.428. The highest BCUT2D eigenvalue weighted by Gasteiger charge is 2.28. The molecule has 1 atom stereocenters. The van der Waals surface area contributed by atoms with Crippen molar-refractivity contribution in [3.8, 4) is 0 Å². The van der Waals surface area contributed by atoms with Crippen LogP contribution in [0.15, 0.2) is 16.5 Å². The van der Waals surface area contributed by atoms with Gasteiger partial charge in [-0.25, -0.2) is 4.79 Å². The fourth-order valence-electron chi connectivity index (χ4n) is 2.90.